The molecule has 7 rings (SSSR count). The Morgan fingerprint density at radius 2 is 0.505 bits per heavy atom. The lowest BCUT2D eigenvalue weighted by atomic mass is 9.81. The number of hydrogen-bond donors (Lipinski definition) is 0. The molecule has 518 valence electrons. The molecule has 5 aromatic carbocycles. The Bertz CT molecular complexity index is 2950. The predicted octanol–water partition coefficient (Wildman–Crippen LogP) is 7.60. The van der Waals surface area contributed by atoms with Gasteiger partial charge < -0.3 is 85.3 Å². The average Bonchev–Trinajstić information content (AvgIpc) is 0.688. The van der Waals surface area contributed by atoms with Gasteiger partial charge in [-0.05, 0) is 71.5 Å². The summed E-state index contributed by atoms with van der Waals surface area (Å²) in [6.45, 7) is 23.3. The highest BCUT2D eigenvalue weighted by molar-refractivity contribution is 6.42. The average molecular weight is 1310 g/mol. The second-order valence-corrected chi connectivity index (χ2v) is 21.8. The normalized spacial score (nSPS) is 13.5. The van der Waals surface area contributed by atoms with Gasteiger partial charge in [0.25, 0.3) is 23.6 Å². The van der Waals surface area contributed by atoms with E-state index in [1.807, 2.05) is 52.0 Å². The second-order valence-electron chi connectivity index (χ2n) is 21.8. The molecule has 93 heavy (non-hydrogen) atoms. The van der Waals surface area contributed by atoms with Crippen LogP contribution in [-0.2, 0) is 80.5 Å². The van der Waals surface area contributed by atoms with E-state index in [9.17, 15) is 19.2 Å². The fourth-order valence-electron chi connectivity index (χ4n) is 11.2. The number of imide groups is 2. The quantitative estimate of drug-likeness (QED) is 0.0157. The number of amides is 4. The number of nitrogens with zero attached hydrogens (tertiary/aromatic N) is 2. The van der Waals surface area contributed by atoms with Gasteiger partial charge in [-0.3, -0.25) is 29.0 Å². The topological polar surface area (TPSA) is 241 Å². The first-order valence-corrected chi connectivity index (χ1v) is 33.2. The summed E-state index contributed by atoms with van der Waals surface area (Å²) in [6.07, 6.45) is 2.53. The summed E-state index contributed by atoms with van der Waals surface area (Å²) in [4.78, 5) is 60.0. The number of benzene rings is 5. The molecular weight excluding hydrogens is 1210 g/mol. The Morgan fingerprint density at radius 1 is 0.269 bits per heavy atom. The molecule has 0 atom stereocenters. The molecule has 24 nitrogen and oxygen atoms in total. The van der Waals surface area contributed by atoms with E-state index in [1.165, 1.54) is 9.80 Å². The zero-order chi connectivity index (χ0) is 65.7. The van der Waals surface area contributed by atoms with Gasteiger partial charge >= 0.3 is 0 Å². The fourth-order valence-corrected chi connectivity index (χ4v) is 11.2. The summed E-state index contributed by atoms with van der Waals surface area (Å²) in [6, 6.07) is 12.4. The van der Waals surface area contributed by atoms with Crippen LogP contribution in [-0.4, -0.2) is 277 Å². The van der Waals surface area contributed by atoms with Crippen LogP contribution in [0.4, 0.5) is 0 Å². The molecule has 24 heteroatoms. The minimum absolute atomic E-state index is 0.153. The molecule has 2 aliphatic heterocycles. The van der Waals surface area contributed by atoms with Gasteiger partial charge in [0, 0.05) is 57.4 Å². The lowest BCUT2D eigenvalue weighted by Crippen LogP contribution is -2.46. The highest BCUT2D eigenvalue weighted by Crippen LogP contribution is 2.50. The number of ether oxygens (including phenoxy) is 18. The predicted molar refractivity (Wildman–Crippen MR) is 348 cm³/mol. The number of rotatable bonds is 58. The van der Waals surface area contributed by atoms with E-state index < -0.39 is 0 Å². The molecule has 0 radical (unpaired) electrons. The van der Waals surface area contributed by atoms with Crippen molar-refractivity contribution >= 4 is 66.7 Å². The zero-order valence-corrected chi connectivity index (χ0v) is 55.4. The molecule has 0 aromatic heterocycles. The number of carbonyl (C=O) groups excluding carboxylic acids is 4. The van der Waals surface area contributed by atoms with Crippen LogP contribution in [0.3, 0.4) is 0 Å². The summed E-state index contributed by atoms with van der Waals surface area (Å²) in [5.41, 5.74) is 1.78. The van der Waals surface area contributed by atoms with Crippen LogP contribution in [0.25, 0.3) is 43.1 Å². The van der Waals surface area contributed by atoms with Crippen LogP contribution in [0.2, 0.25) is 0 Å². The molecule has 2 aliphatic rings. The van der Waals surface area contributed by atoms with Crippen LogP contribution in [0.15, 0.2) is 42.5 Å². The number of carbonyl (C=O) groups is 4. The van der Waals surface area contributed by atoms with Gasteiger partial charge in [0.15, 0.2) is 0 Å². The van der Waals surface area contributed by atoms with Crippen molar-refractivity contribution in [3.63, 3.8) is 0 Å². The smallest absolute Gasteiger partial charge is 0.261 e. The maximum Gasteiger partial charge on any atom is 0.261 e. The summed E-state index contributed by atoms with van der Waals surface area (Å²) in [5, 5.41) is 5.74. The summed E-state index contributed by atoms with van der Waals surface area (Å²) in [5.74, 6) is -0.858. The van der Waals surface area contributed by atoms with E-state index >= 15 is 0 Å². The molecule has 5 aromatic rings. The van der Waals surface area contributed by atoms with Gasteiger partial charge in [0.1, 0.15) is 12.4 Å². The molecule has 0 aliphatic carbocycles. The van der Waals surface area contributed by atoms with Crippen molar-refractivity contribution < 1.29 is 104 Å². The monoisotopic (exact) mass is 1310 g/mol. The zero-order valence-electron chi connectivity index (χ0n) is 55.4. The van der Waals surface area contributed by atoms with Gasteiger partial charge in [-0.15, -0.1) is 0 Å². The van der Waals surface area contributed by atoms with Crippen molar-refractivity contribution in [3.05, 3.63) is 64.7 Å². The van der Waals surface area contributed by atoms with E-state index in [4.69, 9.17) is 85.3 Å². The SMILES string of the molecule is CCC(CC)N1C(=O)c2ccc3c4ccc5c6c(cc(OCCOCCOCCOCCOCCOCCOCCOCCOCCOCCOCCOCCOCCOCCOCCOCCOCCOC)c(c7ccc(c2c37)C1=O)c64)C(=O)N(C(CC)CC)C5=O. The molecule has 0 bridgehead atoms. The third kappa shape index (κ3) is 22.4. The summed E-state index contributed by atoms with van der Waals surface area (Å²) in [7, 11) is 1.64. The van der Waals surface area contributed by atoms with Crippen molar-refractivity contribution in [2.75, 3.05) is 232 Å². The van der Waals surface area contributed by atoms with E-state index in [0.717, 1.165) is 26.9 Å². The molecule has 0 fully saturated rings. The van der Waals surface area contributed by atoms with Gasteiger partial charge in [-0.25, -0.2) is 0 Å². The Labute approximate surface area is 546 Å². The van der Waals surface area contributed by atoms with E-state index in [1.54, 1.807) is 25.3 Å². The minimum Gasteiger partial charge on any atom is -0.490 e. The fraction of sp³-hybridized carbons (Fsp3) is 0.652. The van der Waals surface area contributed by atoms with Crippen molar-refractivity contribution in [1.82, 2.24) is 9.80 Å². The van der Waals surface area contributed by atoms with Gasteiger partial charge in [0.2, 0.25) is 0 Å². The van der Waals surface area contributed by atoms with Gasteiger partial charge in [-0.1, -0.05) is 45.9 Å². The van der Waals surface area contributed by atoms with Crippen LogP contribution in [0, 0.1) is 0 Å². The van der Waals surface area contributed by atoms with Crippen molar-refractivity contribution in [3.8, 4) is 5.75 Å². The minimum atomic E-state index is -0.361. The summed E-state index contributed by atoms with van der Waals surface area (Å²) >= 11 is 0. The standard InChI is InChI=1S/C69H100N2O22/c1-6-51(7-2)70-66(72)56-13-10-53-54-11-14-58-63-59(69(75)71(68(58)74)52(8-3)9-4)50-60(64(65(54)63)55-12-15-57(67(70)73)62(56)61(53)55)93-49-48-92-47-46-91-45-44-90-43-42-89-41-40-88-39-38-87-37-36-86-35-34-85-33-32-84-31-30-83-29-28-82-27-26-81-25-24-80-23-22-79-21-20-78-19-18-77-17-16-76-5/h10-15,50-52H,6-9,16-49H2,1-5H3. The first-order valence-electron chi connectivity index (χ1n) is 33.2. The molecule has 2 heterocycles. The molecule has 0 unspecified atom stereocenters. The van der Waals surface area contributed by atoms with E-state index in [0.29, 0.717) is 281 Å². The summed E-state index contributed by atoms with van der Waals surface area (Å²) < 4.78 is 100. The number of fused-ring (bicyclic) bond motifs is 2. The van der Waals surface area contributed by atoms with E-state index in [2.05, 4.69) is 0 Å². The van der Waals surface area contributed by atoms with Crippen LogP contribution < -0.4 is 4.74 Å². The Hall–Kier alpha value is -5.20. The van der Waals surface area contributed by atoms with Gasteiger partial charge in [-0.2, -0.15) is 0 Å². The van der Waals surface area contributed by atoms with Crippen LogP contribution >= 0.6 is 0 Å². The maximum atomic E-state index is 14.5. The second kappa shape index (κ2) is 43.8. The molecule has 0 N–H and O–H groups in total. The highest BCUT2D eigenvalue weighted by Gasteiger charge is 2.40. The van der Waals surface area contributed by atoms with Crippen LogP contribution in [0.1, 0.15) is 94.8 Å². The van der Waals surface area contributed by atoms with Crippen LogP contribution in [0.5, 0.6) is 5.75 Å². The lowest BCUT2D eigenvalue weighted by Gasteiger charge is -2.35. The van der Waals surface area contributed by atoms with Crippen molar-refractivity contribution in [2.45, 2.75) is 65.5 Å². The largest absolute Gasteiger partial charge is 0.490 e. The van der Waals surface area contributed by atoms with Crippen molar-refractivity contribution in [2.24, 2.45) is 0 Å². The Kier molecular flexibility index (Phi) is 35.4. The van der Waals surface area contributed by atoms with Gasteiger partial charge in [0.05, 0.1) is 224 Å². The molecule has 4 amide bonds. The third-order valence-electron chi connectivity index (χ3n) is 15.9. The molecule has 0 saturated carbocycles. The highest BCUT2D eigenvalue weighted by atomic mass is 16.6. The Morgan fingerprint density at radius 3 is 0.785 bits per heavy atom. The Balaban J connectivity index is 0.650. The first kappa shape index (κ1) is 75.2. The first-order chi connectivity index (χ1) is 45.8. The number of hydrogen-bond acceptors (Lipinski definition) is 22. The molecule has 0 spiro atoms. The third-order valence-corrected chi connectivity index (χ3v) is 15.9. The lowest BCUT2D eigenvalue weighted by molar-refractivity contribution is -0.0306. The van der Waals surface area contributed by atoms with Crippen molar-refractivity contribution in [1.29, 1.82) is 0 Å². The number of methoxy groups -OCH3 is 1. The molecular formula is C69H100N2O22. The molecule has 0 saturated heterocycles. The maximum absolute atomic E-state index is 14.5. The van der Waals surface area contributed by atoms with E-state index in [-0.39, 0.29) is 48.9 Å².